The molecule has 0 aliphatic carbocycles. The van der Waals surface area contributed by atoms with E-state index in [0.717, 1.165) is 18.3 Å². The molecule has 0 aromatic heterocycles. The third-order valence-corrected chi connectivity index (χ3v) is 6.81. The number of thioether (sulfide) groups is 1. The molecule has 1 fully saturated rings. The maximum Gasteiger partial charge on any atom is 0.264 e. The van der Waals surface area contributed by atoms with Gasteiger partial charge >= 0.3 is 0 Å². The third-order valence-electron chi connectivity index (χ3n) is 4.30. The van der Waals surface area contributed by atoms with Gasteiger partial charge in [0.1, 0.15) is 24.0 Å². The Kier molecular flexibility index (Phi) is 7.46. The van der Waals surface area contributed by atoms with Crippen LogP contribution in [0.2, 0.25) is 0 Å². The Morgan fingerprint density at radius 3 is 2.41 bits per heavy atom. The van der Waals surface area contributed by atoms with Gasteiger partial charge in [-0.2, -0.15) is 0 Å². The van der Waals surface area contributed by atoms with Crippen LogP contribution in [-0.2, 0) is 11.4 Å². The molecule has 1 saturated heterocycles. The van der Waals surface area contributed by atoms with Crippen LogP contribution < -0.4 is 10.1 Å². The molecule has 0 saturated carbocycles. The molecular formula is C23H14F2I2N2O2S. The second-order valence-corrected chi connectivity index (χ2v) is 10.0. The highest BCUT2D eigenvalue weighted by Crippen LogP contribution is 2.33. The first-order valence-corrected chi connectivity index (χ1v) is 12.3. The predicted octanol–water partition coefficient (Wildman–Crippen LogP) is 6.64. The van der Waals surface area contributed by atoms with Gasteiger partial charge in [-0.1, -0.05) is 12.1 Å². The summed E-state index contributed by atoms with van der Waals surface area (Å²) in [6.07, 6.45) is 1.79. The van der Waals surface area contributed by atoms with Gasteiger partial charge in [0, 0.05) is 0 Å². The largest absolute Gasteiger partial charge is 0.487 e. The summed E-state index contributed by atoms with van der Waals surface area (Å²) in [6.45, 7) is 0.256. The molecule has 0 radical (unpaired) electrons. The molecule has 9 heteroatoms. The van der Waals surface area contributed by atoms with Crippen LogP contribution >= 0.6 is 56.9 Å². The lowest BCUT2D eigenvalue weighted by atomic mass is 10.2. The minimum absolute atomic E-state index is 0.243. The first-order chi connectivity index (χ1) is 15.4. The highest BCUT2D eigenvalue weighted by atomic mass is 127. The van der Waals surface area contributed by atoms with E-state index in [1.807, 2.05) is 18.2 Å². The van der Waals surface area contributed by atoms with E-state index in [0.29, 0.717) is 21.5 Å². The number of amidine groups is 1. The van der Waals surface area contributed by atoms with Crippen molar-refractivity contribution in [2.45, 2.75) is 6.61 Å². The molecule has 32 heavy (non-hydrogen) atoms. The number of amides is 1. The van der Waals surface area contributed by atoms with E-state index in [9.17, 15) is 13.6 Å². The van der Waals surface area contributed by atoms with Gasteiger partial charge in [0.2, 0.25) is 0 Å². The van der Waals surface area contributed by atoms with Gasteiger partial charge in [0.05, 0.1) is 17.7 Å². The third kappa shape index (κ3) is 5.87. The van der Waals surface area contributed by atoms with Crippen molar-refractivity contribution >= 4 is 79.8 Å². The number of nitrogens with one attached hydrogen (secondary N) is 1. The summed E-state index contributed by atoms with van der Waals surface area (Å²) in [4.78, 5) is 17.2. The van der Waals surface area contributed by atoms with Crippen LogP contribution in [-0.4, -0.2) is 11.1 Å². The highest BCUT2D eigenvalue weighted by Gasteiger charge is 2.24. The Morgan fingerprint density at radius 2 is 1.72 bits per heavy atom. The van der Waals surface area contributed by atoms with Crippen molar-refractivity contribution in [1.82, 2.24) is 5.32 Å². The first-order valence-electron chi connectivity index (χ1n) is 9.29. The number of carbonyl (C=O) groups excluding carboxylic acids is 1. The minimum atomic E-state index is -0.342. The molecule has 1 heterocycles. The Morgan fingerprint density at radius 1 is 1.00 bits per heavy atom. The van der Waals surface area contributed by atoms with Gasteiger partial charge in [-0.3, -0.25) is 4.79 Å². The van der Waals surface area contributed by atoms with Crippen molar-refractivity contribution in [1.29, 1.82) is 0 Å². The van der Waals surface area contributed by atoms with Crippen LogP contribution in [0.3, 0.4) is 0 Å². The van der Waals surface area contributed by atoms with Gasteiger partial charge in [0.25, 0.3) is 5.91 Å². The molecule has 3 aromatic carbocycles. The summed E-state index contributed by atoms with van der Waals surface area (Å²) in [7, 11) is 0. The SMILES string of the molecule is O=C1NC(=Nc2ccc(F)cc2)S/C1=C/c1cc(I)c(OCc2cccc(F)c2)c(I)c1. The van der Waals surface area contributed by atoms with Crippen LogP contribution in [0.15, 0.2) is 70.6 Å². The number of benzene rings is 3. The van der Waals surface area contributed by atoms with Gasteiger partial charge in [-0.15, -0.1) is 0 Å². The summed E-state index contributed by atoms with van der Waals surface area (Å²) >= 11 is 5.58. The predicted molar refractivity (Wildman–Crippen MR) is 140 cm³/mol. The average Bonchev–Trinajstić information content (AvgIpc) is 3.08. The number of nitrogens with zero attached hydrogens (tertiary/aromatic N) is 1. The zero-order chi connectivity index (χ0) is 22.7. The maximum atomic E-state index is 13.4. The van der Waals surface area contributed by atoms with Crippen molar-refractivity contribution in [2.75, 3.05) is 0 Å². The summed E-state index contributed by atoms with van der Waals surface area (Å²) < 4.78 is 34.1. The van der Waals surface area contributed by atoms with Gasteiger partial charge in [-0.25, -0.2) is 13.8 Å². The van der Waals surface area contributed by atoms with Crippen LogP contribution in [0.5, 0.6) is 5.75 Å². The molecule has 4 nitrogen and oxygen atoms in total. The molecule has 162 valence electrons. The molecule has 0 spiro atoms. The maximum absolute atomic E-state index is 13.4. The van der Waals surface area contributed by atoms with Gasteiger partial charge < -0.3 is 10.1 Å². The quantitative estimate of drug-likeness (QED) is 0.244. The number of aliphatic imine (C=N–C) groups is 1. The van der Waals surface area contributed by atoms with Crippen LogP contribution in [0, 0.1) is 18.8 Å². The van der Waals surface area contributed by atoms with Crippen LogP contribution in [0.1, 0.15) is 11.1 Å². The molecule has 1 amide bonds. The molecule has 1 aliphatic rings. The summed E-state index contributed by atoms with van der Waals surface area (Å²) in [5, 5.41) is 3.16. The Bertz CT molecular complexity index is 1220. The molecule has 0 atom stereocenters. The lowest BCUT2D eigenvalue weighted by Crippen LogP contribution is -2.19. The van der Waals surface area contributed by atoms with Crippen molar-refractivity contribution < 1.29 is 18.3 Å². The molecule has 1 aliphatic heterocycles. The zero-order valence-corrected chi connectivity index (χ0v) is 21.4. The summed E-state index contributed by atoms with van der Waals surface area (Å²) in [5.74, 6) is -0.177. The van der Waals surface area contributed by atoms with E-state index in [1.54, 1.807) is 24.3 Å². The second kappa shape index (κ2) is 10.3. The Balaban J connectivity index is 1.50. The molecular weight excluding hydrogens is 660 g/mol. The lowest BCUT2D eigenvalue weighted by molar-refractivity contribution is -0.115. The zero-order valence-electron chi connectivity index (χ0n) is 16.2. The van der Waals surface area contributed by atoms with E-state index in [2.05, 4.69) is 55.5 Å². The van der Waals surface area contributed by atoms with Crippen LogP contribution in [0.4, 0.5) is 14.5 Å². The highest BCUT2D eigenvalue weighted by molar-refractivity contribution is 14.1. The summed E-state index contributed by atoms with van der Waals surface area (Å²) in [6, 6.07) is 15.9. The van der Waals surface area contributed by atoms with Gasteiger partial charge in [-0.05, 0) is 123 Å². The topological polar surface area (TPSA) is 50.7 Å². The van der Waals surface area contributed by atoms with Crippen molar-refractivity contribution in [2.24, 2.45) is 4.99 Å². The van der Waals surface area contributed by atoms with E-state index >= 15 is 0 Å². The number of hydrogen-bond donors (Lipinski definition) is 1. The Hall–Kier alpha value is -1.99. The van der Waals surface area contributed by atoms with E-state index < -0.39 is 0 Å². The summed E-state index contributed by atoms with van der Waals surface area (Å²) in [5.41, 5.74) is 2.15. The minimum Gasteiger partial charge on any atom is -0.487 e. The van der Waals surface area contributed by atoms with Crippen molar-refractivity contribution in [3.8, 4) is 5.75 Å². The van der Waals surface area contributed by atoms with E-state index in [-0.39, 0.29) is 24.1 Å². The fraction of sp³-hybridized carbons (Fsp3) is 0.0435. The average molecular weight is 674 g/mol. The van der Waals surface area contributed by atoms with Crippen molar-refractivity contribution in [3.05, 3.63) is 95.5 Å². The molecule has 3 aromatic rings. The smallest absolute Gasteiger partial charge is 0.264 e. The Labute approximate surface area is 214 Å². The second-order valence-electron chi connectivity index (χ2n) is 6.69. The molecule has 0 bridgehead atoms. The fourth-order valence-corrected chi connectivity index (χ4v) is 5.82. The van der Waals surface area contributed by atoms with Gasteiger partial charge in [0.15, 0.2) is 5.17 Å². The molecule has 1 N–H and O–H groups in total. The number of carbonyl (C=O) groups is 1. The fourth-order valence-electron chi connectivity index (χ4n) is 2.85. The van der Waals surface area contributed by atoms with Crippen molar-refractivity contribution in [3.63, 3.8) is 0 Å². The van der Waals surface area contributed by atoms with Crippen LogP contribution in [0.25, 0.3) is 6.08 Å². The normalized spacial score (nSPS) is 15.9. The van der Waals surface area contributed by atoms with E-state index in [1.165, 1.54) is 36.0 Å². The monoisotopic (exact) mass is 674 g/mol. The van der Waals surface area contributed by atoms with E-state index in [4.69, 9.17) is 4.74 Å². The number of hydrogen-bond acceptors (Lipinski definition) is 4. The number of halogens is 4. The first kappa shape index (κ1) is 23.2. The standard InChI is InChI=1S/C23H14F2I2N2O2S/c24-15-4-6-17(7-5-15)28-23-29-22(30)20(32-23)11-14-9-18(26)21(19(27)10-14)31-12-13-2-1-3-16(25)8-13/h1-11H,12H2,(H,28,29,30)/b20-11+. The number of ether oxygens (including phenoxy) is 1. The molecule has 0 unspecified atom stereocenters. The lowest BCUT2D eigenvalue weighted by Gasteiger charge is -2.12. The number of rotatable bonds is 5. The molecule has 4 rings (SSSR count).